The number of hydrogen-bond acceptors (Lipinski definition) is 4. The van der Waals surface area contributed by atoms with E-state index in [0.29, 0.717) is 12.0 Å². The van der Waals surface area contributed by atoms with Crippen molar-refractivity contribution in [1.82, 2.24) is 0 Å². The molecule has 0 aliphatic carbocycles. The second-order valence-corrected chi connectivity index (χ2v) is 7.68. The summed E-state index contributed by atoms with van der Waals surface area (Å²) in [5.41, 5.74) is -0.556. The van der Waals surface area contributed by atoms with Gasteiger partial charge in [-0.1, -0.05) is 6.92 Å². The Morgan fingerprint density at radius 2 is 1.42 bits per heavy atom. The molecule has 4 nitrogen and oxygen atoms in total. The average molecular weight is 386 g/mol. The fourth-order valence-corrected chi connectivity index (χ4v) is 1.44. The van der Waals surface area contributed by atoms with E-state index in [4.69, 9.17) is 19.6 Å². The molecule has 0 aromatic rings. The fraction of sp³-hybridized carbons (Fsp3) is 0.895. The summed E-state index contributed by atoms with van der Waals surface area (Å²) in [6, 6.07) is 0. The molecule has 0 aromatic carbocycles. The predicted molar refractivity (Wildman–Crippen MR) is 97.8 cm³/mol. The van der Waals surface area contributed by atoms with Gasteiger partial charge in [-0.3, -0.25) is 8.78 Å². The zero-order chi connectivity index (χ0) is 20.8. The van der Waals surface area contributed by atoms with Crippen LogP contribution in [0.1, 0.15) is 74.7 Å². The standard InChI is InChI=1S/C17H32F2O4.C2H5F/c1-8-14(19)11-15(21-23-17(5,6)7)13(9-10-18)12-20-22-16(2,3)4;1-2-3/h14H,8-12H2,1-7H3;2H2,1H3. The van der Waals surface area contributed by atoms with Crippen molar-refractivity contribution in [3.63, 3.8) is 0 Å². The fourth-order valence-electron chi connectivity index (χ4n) is 1.44. The normalized spacial score (nSPS) is 14.3. The highest BCUT2D eigenvalue weighted by Crippen LogP contribution is 2.23. The molecule has 0 saturated carbocycles. The van der Waals surface area contributed by atoms with Gasteiger partial charge in [0.05, 0.1) is 19.0 Å². The van der Waals surface area contributed by atoms with Gasteiger partial charge in [0.1, 0.15) is 24.1 Å². The maximum absolute atomic E-state index is 13.8. The lowest BCUT2D eigenvalue weighted by molar-refractivity contribution is -0.346. The monoisotopic (exact) mass is 386 g/mol. The van der Waals surface area contributed by atoms with Crippen molar-refractivity contribution in [2.75, 3.05) is 20.0 Å². The van der Waals surface area contributed by atoms with Crippen molar-refractivity contribution < 1.29 is 32.7 Å². The van der Waals surface area contributed by atoms with Crippen molar-refractivity contribution in [1.29, 1.82) is 0 Å². The molecule has 0 spiro atoms. The van der Waals surface area contributed by atoms with Gasteiger partial charge in [-0.05, 0) is 54.9 Å². The highest BCUT2D eigenvalue weighted by atomic mass is 19.1. The van der Waals surface area contributed by atoms with Gasteiger partial charge in [-0.2, -0.15) is 4.89 Å². The molecule has 26 heavy (non-hydrogen) atoms. The Morgan fingerprint density at radius 3 is 1.81 bits per heavy atom. The zero-order valence-electron chi connectivity index (χ0n) is 17.6. The van der Waals surface area contributed by atoms with Crippen molar-refractivity contribution in [2.45, 2.75) is 92.0 Å². The van der Waals surface area contributed by atoms with Crippen molar-refractivity contribution in [3.05, 3.63) is 11.3 Å². The van der Waals surface area contributed by atoms with Crippen LogP contribution in [0.25, 0.3) is 0 Å². The first kappa shape index (κ1) is 27.4. The van der Waals surface area contributed by atoms with Gasteiger partial charge in [0.2, 0.25) is 0 Å². The summed E-state index contributed by atoms with van der Waals surface area (Å²) in [5.74, 6) is 0.268. The highest BCUT2D eigenvalue weighted by Gasteiger charge is 2.20. The summed E-state index contributed by atoms with van der Waals surface area (Å²) in [5, 5.41) is 0. The van der Waals surface area contributed by atoms with Gasteiger partial charge in [-0.25, -0.2) is 14.2 Å². The van der Waals surface area contributed by atoms with E-state index in [2.05, 4.69) is 0 Å². The molecular weight excluding hydrogens is 349 g/mol. The van der Waals surface area contributed by atoms with E-state index in [1.54, 1.807) is 6.92 Å². The third-order valence-electron chi connectivity index (χ3n) is 2.57. The maximum atomic E-state index is 13.8. The summed E-state index contributed by atoms with van der Waals surface area (Å²) >= 11 is 0. The molecule has 1 atom stereocenters. The molecule has 0 radical (unpaired) electrons. The molecule has 0 aromatic heterocycles. The number of allylic oxidation sites excluding steroid dienone is 1. The lowest BCUT2D eigenvalue weighted by atomic mass is 10.1. The van der Waals surface area contributed by atoms with Crippen LogP contribution < -0.4 is 0 Å². The van der Waals surface area contributed by atoms with E-state index in [9.17, 15) is 13.2 Å². The molecule has 1 unspecified atom stereocenters. The first-order valence-electron chi connectivity index (χ1n) is 9.03. The first-order chi connectivity index (χ1) is 11.9. The number of rotatable bonds is 10. The van der Waals surface area contributed by atoms with Crippen LogP contribution in [0.15, 0.2) is 11.3 Å². The Bertz CT molecular complexity index is 374. The van der Waals surface area contributed by atoms with Crippen molar-refractivity contribution in [2.24, 2.45) is 0 Å². The summed E-state index contributed by atoms with van der Waals surface area (Å²) in [7, 11) is 0. The van der Waals surface area contributed by atoms with Crippen molar-refractivity contribution >= 4 is 0 Å². The lowest BCUT2D eigenvalue weighted by Crippen LogP contribution is -2.22. The van der Waals surface area contributed by atoms with Crippen molar-refractivity contribution in [3.8, 4) is 0 Å². The third kappa shape index (κ3) is 18.0. The van der Waals surface area contributed by atoms with E-state index >= 15 is 0 Å². The van der Waals surface area contributed by atoms with Gasteiger partial charge < -0.3 is 4.89 Å². The van der Waals surface area contributed by atoms with Crippen LogP contribution in [0.2, 0.25) is 0 Å². The topological polar surface area (TPSA) is 36.9 Å². The lowest BCUT2D eigenvalue weighted by Gasteiger charge is -2.23. The molecule has 0 rings (SSSR count). The Balaban J connectivity index is 0. The Hall–Kier alpha value is -0.790. The summed E-state index contributed by atoms with van der Waals surface area (Å²) in [6.07, 6.45) is -0.662. The Kier molecular flexibility index (Phi) is 15.1. The highest BCUT2D eigenvalue weighted by molar-refractivity contribution is 5.10. The van der Waals surface area contributed by atoms with Crippen LogP contribution in [0.3, 0.4) is 0 Å². The largest absolute Gasteiger partial charge is 0.341 e. The Labute approximate surface area is 156 Å². The van der Waals surface area contributed by atoms with Crippen LogP contribution in [0, 0.1) is 0 Å². The second-order valence-electron chi connectivity index (χ2n) is 7.68. The van der Waals surface area contributed by atoms with Crippen LogP contribution in [0.5, 0.6) is 0 Å². The molecule has 0 bridgehead atoms. The van der Waals surface area contributed by atoms with Gasteiger partial charge in [-0.15, -0.1) is 0 Å². The number of halogens is 3. The minimum Gasteiger partial charge on any atom is -0.341 e. The molecule has 0 fully saturated rings. The Morgan fingerprint density at radius 1 is 0.923 bits per heavy atom. The smallest absolute Gasteiger partial charge is 0.147 e. The van der Waals surface area contributed by atoms with Gasteiger partial charge in [0.25, 0.3) is 0 Å². The van der Waals surface area contributed by atoms with Crippen LogP contribution >= 0.6 is 0 Å². The van der Waals surface area contributed by atoms with Crippen LogP contribution in [-0.4, -0.2) is 37.3 Å². The molecule has 158 valence electrons. The van der Waals surface area contributed by atoms with Crippen LogP contribution in [0.4, 0.5) is 13.2 Å². The van der Waals surface area contributed by atoms with Gasteiger partial charge >= 0.3 is 0 Å². The second kappa shape index (κ2) is 14.3. The molecule has 0 saturated heterocycles. The van der Waals surface area contributed by atoms with E-state index in [-0.39, 0.29) is 31.9 Å². The van der Waals surface area contributed by atoms with E-state index in [0.717, 1.165) is 0 Å². The molecule has 0 amide bonds. The number of alkyl halides is 3. The molecule has 0 heterocycles. The molecule has 0 aliphatic rings. The molecule has 0 aliphatic heterocycles. The van der Waals surface area contributed by atoms with E-state index in [1.165, 1.54) is 6.92 Å². The van der Waals surface area contributed by atoms with Gasteiger partial charge in [0, 0.05) is 18.4 Å². The SMILES string of the molecule is CCC(F)CC(OOC(C)(C)C)=C(CCF)COOC(C)(C)C.CCF. The quantitative estimate of drug-likeness (QED) is 0.254. The summed E-state index contributed by atoms with van der Waals surface area (Å²) < 4.78 is 36.9. The average Bonchev–Trinajstić information content (AvgIpc) is 2.49. The van der Waals surface area contributed by atoms with Crippen LogP contribution in [-0.2, 0) is 19.6 Å². The van der Waals surface area contributed by atoms with Gasteiger partial charge in [0.15, 0.2) is 0 Å². The van der Waals surface area contributed by atoms with E-state index < -0.39 is 24.0 Å². The van der Waals surface area contributed by atoms with E-state index in [1.807, 2.05) is 41.5 Å². The molecule has 0 N–H and O–H groups in total. The summed E-state index contributed by atoms with van der Waals surface area (Å²) in [6.45, 7) is 13.3. The first-order valence-corrected chi connectivity index (χ1v) is 9.03. The summed E-state index contributed by atoms with van der Waals surface area (Å²) in [4.78, 5) is 20.9. The predicted octanol–water partition coefficient (Wildman–Crippen LogP) is 6.21. The maximum Gasteiger partial charge on any atom is 0.147 e. The zero-order valence-corrected chi connectivity index (χ0v) is 17.6. The third-order valence-corrected chi connectivity index (χ3v) is 2.57. The number of hydrogen-bond donors (Lipinski definition) is 0. The molecule has 7 heteroatoms. The minimum absolute atomic E-state index is 0.000457. The minimum atomic E-state index is -1.09. The molecular formula is C19H37F3O4.